The number of pyridine rings is 1. The summed E-state index contributed by atoms with van der Waals surface area (Å²) < 4.78 is 93.7. The van der Waals surface area contributed by atoms with Gasteiger partial charge in [-0.05, 0) is 69.4 Å². The minimum atomic E-state index is -4.60. The molecule has 2 N–H and O–H groups in total. The molecule has 21 heteroatoms. The van der Waals surface area contributed by atoms with Crippen LogP contribution in [0.15, 0.2) is 83.9 Å². The molecule has 1 atom stereocenters. The van der Waals surface area contributed by atoms with Crippen LogP contribution in [0.2, 0.25) is 5.02 Å². The average molecular weight is 882 g/mol. The van der Waals surface area contributed by atoms with Gasteiger partial charge in [-0.3, -0.25) is 23.8 Å². The number of fused-ring (bicyclic) bond motifs is 2. The number of rotatable bonds is 6. The number of hydrogen-bond donors (Lipinski definition) is 2. The summed E-state index contributed by atoms with van der Waals surface area (Å²) in [7, 11) is -8.37. The Kier molecular flexibility index (Phi) is 13.7. The van der Waals surface area contributed by atoms with E-state index in [0.29, 0.717) is 54.4 Å². The minimum Gasteiger partial charge on any atom is -0.496 e. The van der Waals surface area contributed by atoms with Crippen LogP contribution < -0.4 is 9.04 Å². The Labute approximate surface area is 342 Å². The molecule has 2 amide bonds. The number of para-hydroxylation sites is 2. The summed E-state index contributed by atoms with van der Waals surface area (Å²) in [5.74, 6) is -0.752. The second-order valence-electron chi connectivity index (χ2n) is 13.8. The predicted molar refractivity (Wildman–Crippen MR) is 217 cm³/mol. The number of ether oxygens (including phenoxy) is 2. The Hall–Kier alpha value is -4.41. The number of sulfonamides is 1. The van der Waals surface area contributed by atoms with Crippen LogP contribution in [0, 0.1) is 0 Å². The van der Waals surface area contributed by atoms with Gasteiger partial charge in [-0.2, -0.15) is 21.1 Å². The molecule has 3 aliphatic heterocycles. The Morgan fingerprint density at radius 3 is 2.05 bits per heavy atom. The number of hydrogen-bond acceptors (Lipinski definition) is 13. The van der Waals surface area contributed by atoms with Gasteiger partial charge in [-0.1, -0.05) is 48.0 Å². The number of nitrogens with zero attached hydrogens (tertiary/aromatic N) is 5. The molecule has 0 radical (unpaired) electrons. The first-order valence-electron chi connectivity index (χ1n) is 17.8. The molecule has 314 valence electrons. The third-order valence-electron chi connectivity index (χ3n) is 9.66. The number of carbonyl (C=O) groups excluding carboxylic acids is 2. The highest BCUT2D eigenvalue weighted by molar-refractivity contribution is 7.93. The molecule has 58 heavy (non-hydrogen) atoms. The lowest BCUT2D eigenvalue weighted by Crippen LogP contribution is -2.55. The van der Waals surface area contributed by atoms with Crippen molar-refractivity contribution < 1.29 is 53.4 Å². The Balaban J connectivity index is 0.000000574. The second kappa shape index (κ2) is 17.8. The van der Waals surface area contributed by atoms with Gasteiger partial charge in [0, 0.05) is 54.4 Å². The summed E-state index contributed by atoms with van der Waals surface area (Å²) in [6, 6.07) is 19.7. The van der Waals surface area contributed by atoms with Crippen molar-refractivity contribution in [2.75, 3.05) is 70.2 Å². The van der Waals surface area contributed by atoms with Crippen LogP contribution >= 0.6 is 11.6 Å². The van der Waals surface area contributed by atoms with Gasteiger partial charge in [0.15, 0.2) is 0 Å². The Morgan fingerprint density at radius 1 is 0.828 bits per heavy atom. The highest BCUT2D eigenvalue weighted by Crippen LogP contribution is 2.52. The van der Waals surface area contributed by atoms with Crippen molar-refractivity contribution in [1.29, 1.82) is 0 Å². The number of piperidine rings is 1. The molecule has 2 saturated heterocycles. The van der Waals surface area contributed by atoms with Crippen molar-refractivity contribution in [2.45, 2.75) is 29.4 Å². The number of aromatic nitrogens is 1. The molecule has 0 saturated carbocycles. The maximum Gasteiger partial charge on any atom is 0.411 e. The maximum atomic E-state index is 15.0. The van der Waals surface area contributed by atoms with Gasteiger partial charge in [-0.15, -0.1) is 0 Å². The third-order valence-corrected chi connectivity index (χ3v) is 11.6. The molecule has 0 bridgehead atoms. The number of methoxy groups -OCH3 is 1. The number of likely N-dealkylation sites (tertiary alicyclic amines) is 1. The number of amides is 2. The van der Waals surface area contributed by atoms with Crippen LogP contribution in [0.25, 0.3) is 10.9 Å². The monoisotopic (exact) mass is 881 g/mol. The first kappa shape index (κ1) is 44.7. The van der Waals surface area contributed by atoms with Crippen molar-refractivity contribution in [3.8, 4) is 5.75 Å². The van der Waals surface area contributed by atoms with Crippen molar-refractivity contribution in [1.82, 2.24) is 19.7 Å². The fourth-order valence-corrected chi connectivity index (χ4v) is 8.93. The first-order chi connectivity index (χ1) is 27.1. The summed E-state index contributed by atoms with van der Waals surface area (Å²) in [4.78, 5) is 39.7. The molecule has 4 heterocycles. The fraction of sp³-hybridized carbons (Fsp3) is 0.378. The van der Waals surface area contributed by atoms with E-state index in [1.165, 1.54) is 37.6 Å². The molecule has 7 rings (SSSR count). The van der Waals surface area contributed by atoms with Gasteiger partial charge >= 0.3 is 6.09 Å². The molecule has 2 fully saturated rings. The molecule has 3 aromatic carbocycles. The van der Waals surface area contributed by atoms with Gasteiger partial charge in [0.2, 0.25) is 5.60 Å². The molecule has 17 nitrogen and oxygen atoms in total. The Bertz CT molecular complexity index is 2440. The van der Waals surface area contributed by atoms with Crippen molar-refractivity contribution in [3.05, 3.63) is 95.1 Å². The van der Waals surface area contributed by atoms with E-state index in [1.807, 2.05) is 0 Å². The van der Waals surface area contributed by atoms with Crippen LogP contribution in [0.5, 0.6) is 5.75 Å². The number of anilines is 1. The lowest BCUT2D eigenvalue weighted by molar-refractivity contribution is -0.132. The Morgan fingerprint density at radius 2 is 1.43 bits per heavy atom. The molecule has 4 aromatic rings. The zero-order valence-corrected chi connectivity index (χ0v) is 35.3. The summed E-state index contributed by atoms with van der Waals surface area (Å²) >= 11 is 6.52. The van der Waals surface area contributed by atoms with Crippen molar-refractivity contribution in [3.63, 3.8) is 0 Å². The van der Waals surface area contributed by atoms with Gasteiger partial charge < -0.3 is 19.3 Å². The fourth-order valence-electron chi connectivity index (χ4n) is 7.13. The quantitative estimate of drug-likeness (QED) is 0.264. The summed E-state index contributed by atoms with van der Waals surface area (Å²) in [6.45, 7) is 4.19. The summed E-state index contributed by atoms with van der Waals surface area (Å²) in [6.07, 6.45) is 4.32. The predicted octanol–water partition coefficient (Wildman–Crippen LogP) is 3.73. The second-order valence-corrected chi connectivity index (χ2v) is 19.0. The summed E-state index contributed by atoms with van der Waals surface area (Å²) in [5, 5.41) is 0.818. The third kappa shape index (κ3) is 10.2. The van der Waals surface area contributed by atoms with E-state index in [0.717, 1.165) is 25.9 Å². The van der Waals surface area contributed by atoms with E-state index in [9.17, 15) is 30.0 Å². The van der Waals surface area contributed by atoms with E-state index < -0.39 is 47.9 Å². The maximum absolute atomic E-state index is 15.0. The average Bonchev–Trinajstić information content (AvgIpc) is 3.40. The zero-order valence-electron chi connectivity index (χ0n) is 32.1. The van der Waals surface area contributed by atoms with E-state index in [-0.39, 0.29) is 38.0 Å². The van der Waals surface area contributed by atoms with Crippen LogP contribution in [-0.4, -0.2) is 138 Å². The number of benzene rings is 3. The van der Waals surface area contributed by atoms with Crippen LogP contribution in [0.4, 0.5) is 10.5 Å². The number of halogens is 1. The molecule has 0 aliphatic carbocycles. The van der Waals surface area contributed by atoms with E-state index >= 15 is 4.79 Å². The van der Waals surface area contributed by atoms with Crippen LogP contribution in [0.3, 0.4) is 0 Å². The van der Waals surface area contributed by atoms with Gasteiger partial charge in [0.25, 0.3) is 36.2 Å². The normalized spacial score (nSPS) is 19.4. The largest absolute Gasteiger partial charge is 0.496 e. The molecular weight excluding hydrogens is 838 g/mol. The molecule has 1 unspecified atom stereocenters. The lowest BCUT2D eigenvalue weighted by Gasteiger charge is -2.42. The first-order valence-corrected chi connectivity index (χ1v) is 23.3. The van der Waals surface area contributed by atoms with Crippen molar-refractivity contribution >= 4 is 70.5 Å². The molecule has 0 spiro atoms. The highest BCUT2D eigenvalue weighted by Gasteiger charge is 2.61. The lowest BCUT2D eigenvalue weighted by atomic mass is 9.86. The van der Waals surface area contributed by atoms with Crippen LogP contribution in [0.1, 0.15) is 24.0 Å². The summed E-state index contributed by atoms with van der Waals surface area (Å²) in [5.41, 5.74) is -1.73. The number of piperazine rings is 1. The smallest absolute Gasteiger partial charge is 0.411 e. The zero-order chi connectivity index (χ0) is 42.6. The standard InChI is InChI=1S/C35H36ClN5O6S.2CH4O3S/c1-38-17-14-26(15-18-38)39-19-21-40(22-20-39)34(43)47-35(27-9-3-4-10-30(27)46-2)28-23-25(36)12-13-29(28)41(33(35)42)48(44,45)31-11-5-7-24-8-6-16-37-32(24)31;2*1-5(2,3)4/h3-13,16,23,26H,14-15,17-22H2,1-2H3;2*1H3,(H,2,3,4). The minimum absolute atomic E-state index is 0.0168. The van der Waals surface area contributed by atoms with Gasteiger partial charge in [0.05, 0.1) is 36.4 Å². The van der Waals surface area contributed by atoms with E-state index in [1.54, 1.807) is 53.4 Å². The molecule has 1 aromatic heterocycles. The van der Waals surface area contributed by atoms with E-state index in [4.69, 9.17) is 30.2 Å². The highest BCUT2D eigenvalue weighted by atomic mass is 35.5. The van der Waals surface area contributed by atoms with E-state index in [2.05, 4.69) is 21.8 Å². The topological polar surface area (TPSA) is 221 Å². The number of carbonyl (C=O) groups is 2. The van der Waals surface area contributed by atoms with Crippen LogP contribution in [-0.2, 0) is 45.4 Å². The SMILES string of the molecule is COc1ccccc1C1(OC(=O)N2CCN(C3CCN(C)CC3)CC2)C(=O)N(S(=O)(=O)c2cccc3cccnc23)c2ccc(Cl)cc21.CS(=O)(=O)O.CS(=O)(=O)O. The molecular formula is C37H44ClN5O12S3. The molecule has 3 aliphatic rings. The van der Waals surface area contributed by atoms with Crippen molar-refractivity contribution in [2.24, 2.45) is 0 Å². The van der Waals surface area contributed by atoms with Gasteiger partial charge in [-0.25, -0.2) is 13.2 Å². The van der Waals surface area contributed by atoms with Gasteiger partial charge in [0.1, 0.15) is 10.6 Å².